The van der Waals surface area contributed by atoms with Gasteiger partial charge >= 0.3 is 0 Å². The lowest BCUT2D eigenvalue weighted by atomic mass is 9.90. The highest BCUT2D eigenvalue weighted by molar-refractivity contribution is 6.42. The van der Waals surface area contributed by atoms with E-state index in [9.17, 15) is 4.79 Å². The SMILES string of the molecule is CNC(=O)[C@H](c1ccc(OC)cc1)c1ccc(Cl)c(Cl)c1. The predicted octanol–water partition coefficient (Wildman–Crippen LogP) is 3.88. The topological polar surface area (TPSA) is 38.3 Å². The maximum absolute atomic E-state index is 12.2. The van der Waals surface area contributed by atoms with Crippen LogP contribution in [-0.4, -0.2) is 20.1 Å². The Labute approximate surface area is 133 Å². The second-order valence-electron chi connectivity index (χ2n) is 4.49. The lowest BCUT2D eigenvalue weighted by molar-refractivity contribution is -0.121. The number of hydrogen-bond donors (Lipinski definition) is 1. The summed E-state index contributed by atoms with van der Waals surface area (Å²) in [4.78, 5) is 12.2. The van der Waals surface area contributed by atoms with Gasteiger partial charge in [-0.15, -0.1) is 0 Å². The lowest BCUT2D eigenvalue weighted by Crippen LogP contribution is -2.26. The Morgan fingerprint density at radius 1 is 1.05 bits per heavy atom. The summed E-state index contributed by atoms with van der Waals surface area (Å²) in [6.45, 7) is 0. The van der Waals surface area contributed by atoms with Crippen LogP contribution in [0.2, 0.25) is 10.0 Å². The van der Waals surface area contributed by atoms with Crippen LogP contribution in [0.4, 0.5) is 0 Å². The van der Waals surface area contributed by atoms with E-state index in [0.717, 1.165) is 16.9 Å². The molecule has 3 nitrogen and oxygen atoms in total. The molecule has 1 N–H and O–H groups in total. The molecule has 1 atom stereocenters. The van der Waals surface area contributed by atoms with Gasteiger partial charge in [0.25, 0.3) is 0 Å². The quantitative estimate of drug-likeness (QED) is 0.927. The first-order valence-electron chi connectivity index (χ1n) is 6.37. The van der Waals surface area contributed by atoms with Gasteiger partial charge in [0.2, 0.25) is 5.91 Å². The molecule has 0 aromatic heterocycles. The molecule has 0 aliphatic carbocycles. The van der Waals surface area contributed by atoms with Gasteiger partial charge < -0.3 is 10.1 Å². The largest absolute Gasteiger partial charge is 0.497 e. The van der Waals surface area contributed by atoms with E-state index in [1.807, 2.05) is 24.3 Å². The maximum Gasteiger partial charge on any atom is 0.231 e. The number of amides is 1. The van der Waals surface area contributed by atoms with Crippen molar-refractivity contribution in [3.63, 3.8) is 0 Å². The van der Waals surface area contributed by atoms with Crippen LogP contribution in [0.1, 0.15) is 17.0 Å². The molecule has 0 aliphatic heterocycles. The molecule has 0 unspecified atom stereocenters. The minimum Gasteiger partial charge on any atom is -0.497 e. The summed E-state index contributed by atoms with van der Waals surface area (Å²) in [6, 6.07) is 12.6. The third-order valence-electron chi connectivity index (χ3n) is 3.23. The van der Waals surface area contributed by atoms with Crippen LogP contribution in [0.15, 0.2) is 42.5 Å². The Morgan fingerprint density at radius 3 is 2.19 bits per heavy atom. The summed E-state index contributed by atoms with van der Waals surface area (Å²) in [5.74, 6) is 0.178. The molecule has 0 saturated heterocycles. The molecule has 0 saturated carbocycles. The summed E-state index contributed by atoms with van der Waals surface area (Å²) >= 11 is 12.0. The summed E-state index contributed by atoms with van der Waals surface area (Å²) < 4.78 is 5.14. The number of ether oxygens (including phenoxy) is 1. The molecule has 0 aliphatic rings. The van der Waals surface area contributed by atoms with E-state index >= 15 is 0 Å². The predicted molar refractivity (Wildman–Crippen MR) is 85.4 cm³/mol. The Balaban J connectivity index is 2.46. The number of halogens is 2. The van der Waals surface area contributed by atoms with Gasteiger partial charge in [0, 0.05) is 7.05 Å². The molecule has 2 aromatic rings. The summed E-state index contributed by atoms with van der Waals surface area (Å²) in [7, 11) is 3.21. The normalized spacial score (nSPS) is 11.8. The molecule has 1 amide bonds. The number of nitrogens with one attached hydrogen (secondary N) is 1. The molecule has 5 heteroatoms. The van der Waals surface area contributed by atoms with Crippen LogP contribution in [0, 0.1) is 0 Å². The minimum absolute atomic E-state index is 0.112. The lowest BCUT2D eigenvalue weighted by Gasteiger charge is -2.17. The molecule has 2 aromatic carbocycles. The second-order valence-corrected chi connectivity index (χ2v) is 5.31. The zero-order valence-electron chi connectivity index (χ0n) is 11.7. The molecule has 0 spiro atoms. The van der Waals surface area contributed by atoms with Crippen LogP contribution >= 0.6 is 23.2 Å². The molecular formula is C16H15Cl2NO2. The Morgan fingerprint density at radius 2 is 1.67 bits per heavy atom. The van der Waals surface area contributed by atoms with E-state index in [2.05, 4.69) is 5.32 Å². The standard InChI is InChI=1S/C16H15Cl2NO2/c1-19-16(20)15(10-3-6-12(21-2)7-4-10)11-5-8-13(17)14(18)9-11/h3-9,15H,1-2H3,(H,19,20)/t15-/m1/s1. The Bertz CT molecular complexity index is 641. The Kier molecular flexibility index (Phi) is 5.10. The van der Waals surface area contributed by atoms with E-state index in [1.54, 1.807) is 32.4 Å². The van der Waals surface area contributed by atoms with E-state index in [0.29, 0.717) is 10.0 Å². The van der Waals surface area contributed by atoms with Gasteiger partial charge in [-0.05, 0) is 35.4 Å². The maximum atomic E-state index is 12.2. The fraction of sp³-hybridized carbons (Fsp3) is 0.188. The zero-order chi connectivity index (χ0) is 15.4. The van der Waals surface area contributed by atoms with Gasteiger partial charge in [-0.2, -0.15) is 0 Å². The first kappa shape index (κ1) is 15.7. The van der Waals surface area contributed by atoms with Crippen molar-refractivity contribution in [3.8, 4) is 5.75 Å². The average Bonchev–Trinajstić information content (AvgIpc) is 2.51. The van der Waals surface area contributed by atoms with Crippen molar-refractivity contribution in [3.05, 3.63) is 63.6 Å². The molecule has 21 heavy (non-hydrogen) atoms. The number of benzene rings is 2. The smallest absolute Gasteiger partial charge is 0.231 e. The molecule has 0 heterocycles. The number of likely N-dealkylation sites (N-methyl/N-ethyl adjacent to an activating group) is 1. The average molecular weight is 324 g/mol. The number of methoxy groups -OCH3 is 1. The third-order valence-corrected chi connectivity index (χ3v) is 3.97. The highest BCUT2D eigenvalue weighted by atomic mass is 35.5. The van der Waals surface area contributed by atoms with Crippen molar-refractivity contribution >= 4 is 29.1 Å². The fourth-order valence-corrected chi connectivity index (χ4v) is 2.43. The van der Waals surface area contributed by atoms with Gasteiger partial charge in [-0.3, -0.25) is 4.79 Å². The van der Waals surface area contributed by atoms with Crippen molar-refractivity contribution in [2.24, 2.45) is 0 Å². The van der Waals surface area contributed by atoms with Crippen molar-refractivity contribution in [2.75, 3.05) is 14.2 Å². The van der Waals surface area contributed by atoms with Gasteiger partial charge in [0.15, 0.2) is 0 Å². The van der Waals surface area contributed by atoms with E-state index in [4.69, 9.17) is 27.9 Å². The van der Waals surface area contributed by atoms with Gasteiger partial charge in [-0.1, -0.05) is 41.4 Å². The van der Waals surface area contributed by atoms with Crippen LogP contribution in [-0.2, 0) is 4.79 Å². The summed E-state index contributed by atoms with van der Waals surface area (Å²) in [5.41, 5.74) is 1.64. The number of carbonyl (C=O) groups excluding carboxylic acids is 1. The molecule has 0 fully saturated rings. The molecule has 0 bridgehead atoms. The Hall–Kier alpha value is -1.71. The summed E-state index contributed by atoms with van der Waals surface area (Å²) in [6.07, 6.45) is 0. The molecular weight excluding hydrogens is 309 g/mol. The van der Waals surface area contributed by atoms with Crippen molar-refractivity contribution < 1.29 is 9.53 Å². The molecule has 0 radical (unpaired) electrons. The molecule has 110 valence electrons. The van der Waals surface area contributed by atoms with Crippen molar-refractivity contribution in [1.29, 1.82) is 0 Å². The fourth-order valence-electron chi connectivity index (χ4n) is 2.13. The van der Waals surface area contributed by atoms with Crippen LogP contribution in [0.5, 0.6) is 5.75 Å². The first-order chi connectivity index (χ1) is 10.1. The van der Waals surface area contributed by atoms with E-state index in [1.165, 1.54) is 0 Å². The zero-order valence-corrected chi connectivity index (χ0v) is 13.2. The van der Waals surface area contributed by atoms with Gasteiger partial charge in [-0.25, -0.2) is 0 Å². The highest BCUT2D eigenvalue weighted by Gasteiger charge is 2.22. The highest BCUT2D eigenvalue weighted by Crippen LogP contribution is 2.31. The molecule has 2 rings (SSSR count). The third kappa shape index (κ3) is 3.49. The monoisotopic (exact) mass is 323 g/mol. The van der Waals surface area contributed by atoms with Crippen LogP contribution in [0.3, 0.4) is 0 Å². The second kappa shape index (κ2) is 6.83. The van der Waals surface area contributed by atoms with Crippen molar-refractivity contribution in [2.45, 2.75) is 5.92 Å². The minimum atomic E-state index is -0.448. The van der Waals surface area contributed by atoms with E-state index in [-0.39, 0.29) is 5.91 Å². The van der Waals surface area contributed by atoms with Crippen LogP contribution in [0.25, 0.3) is 0 Å². The number of hydrogen-bond acceptors (Lipinski definition) is 2. The van der Waals surface area contributed by atoms with E-state index < -0.39 is 5.92 Å². The number of carbonyl (C=O) groups is 1. The summed E-state index contributed by atoms with van der Waals surface area (Å²) in [5, 5.41) is 3.57. The van der Waals surface area contributed by atoms with Gasteiger partial charge in [0.1, 0.15) is 5.75 Å². The first-order valence-corrected chi connectivity index (χ1v) is 7.13. The van der Waals surface area contributed by atoms with Gasteiger partial charge in [0.05, 0.1) is 23.1 Å². The van der Waals surface area contributed by atoms with Crippen molar-refractivity contribution in [1.82, 2.24) is 5.32 Å². The van der Waals surface area contributed by atoms with Crippen LogP contribution < -0.4 is 10.1 Å². The number of rotatable bonds is 4.